The Morgan fingerprint density at radius 2 is 1.27 bits per heavy atom. The average molecular weight is 578 g/mol. The van der Waals surface area contributed by atoms with E-state index in [0.717, 1.165) is 19.3 Å². The molecule has 0 aliphatic carbocycles. The monoisotopic (exact) mass is 577 g/mol. The molecular weight excluding hydrogens is 530 g/mol. The summed E-state index contributed by atoms with van der Waals surface area (Å²) in [6.45, 7) is 6.03. The third-order valence-corrected chi connectivity index (χ3v) is 5.41. The second-order valence-electron chi connectivity index (χ2n) is 9.53. The Balaban J connectivity index is 4.12. The van der Waals surface area contributed by atoms with Gasteiger partial charge in [0.15, 0.2) is 0 Å². The lowest BCUT2D eigenvalue weighted by atomic mass is 10.1. The van der Waals surface area contributed by atoms with Crippen molar-refractivity contribution in [3.8, 4) is 0 Å². The maximum absolute atomic E-state index is 12.0. The van der Waals surface area contributed by atoms with Crippen LogP contribution in [0.3, 0.4) is 0 Å². The summed E-state index contributed by atoms with van der Waals surface area (Å²) in [6.07, 6.45) is 3.04. The van der Waals surface area contributed by atoms with Gasteiger partial charge in [0, 0.05) is 52.4 Å². The first-order valence-corrected chi connectivity index (χ1v) is 13.4. The molecule has 3 amide bonds. The van der Waals surface area contributed by atoms with E-state index in [-0.39, 0.29) is 71.4 Å². The fourth-order valence-electron chi connectivity index (χ4n) is 3.41. The van der Waals surface area contributed by atoms with Gasteiger partial charge < -0.3 is 36.6 Å². The van der Waals surface area contributed by atoms with Crippen LogP contribution in [-0.4, -0.2) is 140 Å². The van der Waals surface area contributed by atoms with Gasteiger partial charge in [0.2, 0.25) is 5.91 Å². The van der Waals surface area contributed by atoms with Crippen LogP contribution >= 0.6 is 0 Å². The molecule has 0 radical (unpaired) electrons. The van der Waals surface area contributed by atoms with Gasteiger partial charge in [-0.15, -0.1) is 0 Å². The van der Waals surface area contributed by atoms with Gasteiger partial charge in [-0.25, -0.2) is 10.3 Å². The summed E-state index contributed by atoms with van der Waals surface area (Å²) in [5, 5.41) is 37.9. The number of carbonyl (C=O) groups excluding carboxylic acids is 2. The Morgan fingerprint density at radius 1 is 0.700 bits per heavy atom. The van der Waals surface area contributed by atoms with Crippen LogP contribution in [-0.2, 0) is 24.0 Å². The highest BCUT2D eigenvalue weighted by atomic mass is 16.7. The first kappa shape index (κ1) is 37.0. The second-order valence-corrected chi connectivity index (χ2v) is 9.53. The lowest BCUT2D eigenvalue weighted by molar-refractivity contribution is -0.140. The molecule has 0 saturated carbocycles. The number of carboxylic acids is 3. The van der Waals surface area contributed by atoms with Gasteiger partial charge in [0.1, 0.15) is 0 Å². The zero-order valence-corrected chi connectivity index (χ0v) is 23.6. The molecule has 0 fully saturated rings. The van der Waals surface area contributed by atoms with Gasteiger partial charge in [0.05, 0.1) is 32.8 Å². The van der Waals surface area contributed by atoms with Crippen molar-refractivity contribution in [2.75, 3.05) is 85.1 Å². The normalized spacial score (nSPS) is 11.1. The Labute approximate surface area is 235 Å². The number of nitrogens with zero attached hydrogens (tertiary/aromatic N) is 2. The lowest BCUT2D eigenvalue weighted by Gasteiger charge is -2.26. The Hall–Kier alpha value is -3.05. The number of aliphatic carboxylic acids is 3. The van der Waals surface area contributed by atoms with Crippen molar-refractivity contribution >= 4 is 29.8 Å². The van der Waals surface area contributed by atoms with Crippen molar-refractivity contribution in [2.24, 2.45) is 5.92 Å². The molecule has 16 nitrogen and oxygen atoms in total. The molecule has 232 valence electrons. The second kappa shape index (κ2) is 23.8. The van der Waals surface area contributed by atoms with Crippen molar-refractivity contribution < 1.29 is 44.1 Å². The highest BCUT2D eigenvalue weighted by Gasteiger charge is 2.14. The van der Waals surface area contributed by atoms with E-state index in [2.05, 4.69) is 40.6 Å². The standard InChI is InChI=1S/C24H47N7O9/c1-19(2)5-3-4-6-28-24(39)29-40-14-9-27-20(32)15-25-7-10-30(17-22(35)36)12-13-31(18-23(37)38)11-8-26-16-21(33)34/h19,25-26H,3-18H2,1-2H3,(H,27,32)(H,33,34)(H,35,36)(H,37,38)(H2,28,29,39). The highest BCUT2D eigenvalue weighted by molar-refractivity contribution is 5.78. The molecule has 40 heavy (non-hydrogen) atoms. The van der Waals surface area contributed by atoms with Crippen LogP contribution in [0.25, 0.3) is 0 Å². The van der Waals surface area contributed by atoms with Crippen molar-refractivity contribution in [2.45, 2.75) is 33.1 Å². The molecule has 0 saturated heterocycles. The molecule has 0 atom stereocenters. The van der Waals surface area contributed by atoms with Crippen LogP contribution in [0.4, 0.5) is 4.79 Å². The van der Waals surface area contributed by atoms with Gasteiger partial charge in [-0.05, 0) is 12.3 Å². The van der Waals surface area contributed by atoms with Gasteiger partial charge in [-0.3, -0.25) is 33.8 Å². The fourth-order valence-corrected chi connectivity index (χ4v) is 3.41. The molecule has 0 aliphatic heterocycles. The average Bonchev–Trinajstić information content (AvgIpc) is 2.85. The largest absolute Gasteiger partial charge is 0.480 e. The number of rotatable bonds is 26. The van der Waals surface area contributed by atoms with E-state index in [4.69, 9.17) is 15.1 Å². The number of carbonyl (C=O) groups is 5. The van der Waals surface area contributed by atoms with E-state index in [1.807, 2.05) is 0 Å². The van der Waals surface area contributed by atoms with Crippen LogP contribution in [0, 0.1) is 5.92 Å². The third kappa shape index (κ3) is 25.2. The van der Waals surface area contributed by atoms with Gasteiger partial charge in [0.25, 0.3) is 0 Å². The SMILES string of the molecule is CC(C)CCCCNC(=O)NOCCNC(=O)CNCCN(CCN(CCNCC(=O)O)CC(=O)O)CC(=O)O. The van der Waals surface area contributed by atoms with E-state index < -0.39 is 23.9 Å². The summed E-state index contributed by atoms with van der Waals surface area (Å²) in [5.41, 5.74) is 2.25. The summed E-state index contributed by atoms with van der Waals surface area (Å²) in [6, 6.07) is -0.440. The maximum Gasteiger partial charge on any atom is 0.338 e. The van der Waals surface area contributed by atoms with Crippen molar-refractivity contribution in [1.29, 1.82) is 0 Å². The molecule has 16 heteroatoms. The summed E-state index contributed by atoms with van der Waals surface area (Å²) >= 11 is 0. The minimum absolute atomic E-state index is 0.00834. The van der Waals surface area contributed by atoms with Crippen LogP contribution in [0.2, 0.25) is 0 Å². The molecule has 0 spiro atoms. The Morgan fingerprint density at radius 3 is 1.80 bits per heavy atom. The van der Waals surface area contributed by atoms with Crippen molar-refractivity contribution in [3.05, 3.63) is 0 Å². The fraction of sp³-hybridized carbons (Fsp3) is 0.792. The number of hydrogen-bond donors (Lipinski definition) is 8. The molecule has 0 aromatic carbocycles. The molecule has 0 aromatic heterocycles. The number of carboxylic acid groups (broad SMARTS) is 3. The third-order valence-electron chi connectivity index (χ3n) is 5.41. The first-order valence-electron chi connectivity index (χ1n) is 13.4. The zero-order chi connectivity index (χ0) is 30.2. The predicted molar refractivity (Wildman–Crippen MR) is 146 cm³/mol. The maximum atomic E-state index is 12.0. The number of amides is 3. The molecule has 8 N–H and O–H groups in total. The summed E-state index contributed by atoms with van der Waals surface area (Å²) < 4.78 is 0. The molecule has 0 heterocycles. The molecule has 0 rings (SSSR count). The zero-order valence-electron chi connectivity index (χ0n) is 23.6. The number of unbranched alkanes of at least 4 members (excludes halogenated alkanes) is 1. The molecular formula is C24H47N7O9. The van der Waals surface area contributed by atoms with Crippen molar-refractivity contribution in [1.82, 2.24) is 36.5 Å². The van der Waals surface area contributed by atoms with E-state index in [1.54, 1.807) is 9.80 Å². The topological polar surface area (TPSA) is 222 Å². The smallest absolute Gasteiger partial charge is 0.338 e. The van der Waals surface area contributed by atoms with Gasteiger partial charge in [-0.2, -0.15) is 0 Å². The quantitative estimate of drug-likeness (QED) is 0.0420. The van der Waals surface area contributed by atoms with E-state index >= 15 is 0 Å². The molecule has 0 aromatic rings. The molecule has 0 aliphatic rings. The number of hydroxylamine groups is 1. The van der Waals surface area contributed by atoms with Crippen LogP contribution in [0.1, 0.15) is 33.1 Å². The van der Waals surface area contributed by atoms with Crippen LogP contribution < -0.4 is 26.7 Å². The summed E-state index contributed by atoms with van der Waals surface area (Å²) in [4.78, 5) is 64.7. The predicted octanol–water partition coefficient (Wildman–Crippen LogP) is -1.80. The summed E-state index contributed by atoms with van der Waals surface area (Å²) in [7, 11) is 0. The van der Waals surface area contributed by atoms with E-state index in [9.17, 15) is 29.1 Å². The number of hydrogen-bond acceptors (Lipinski definition) is 10. The van der Waals surface area contributed by atoms with E-state index in [1.165, 1.54) is 0 Å². The van der Waals surface area contributed by atoms with Crippen LogP contribution in [0.5, 0.6) is 0 Å². The number of urea groups is 1. The number of nitrogens with one attached hydrogen (secondary N) is 5. The Bertz CT molecular complexity index is 756. The van der Waals surface area contributed by atoms with Crippen LogP contribution in [0.15, 0.2) is 0 Å². The first-order chi connectivity index (χ1) is 19.0. The minimum atomic E-state index is -1.05. The van der Waals surface area contributed by atoms with E-state index in [0.29, 0.717) is 25.6 Å². The lowest BCUT2D eigenvalue weighted by Crippen LogP contribution is -2.45. The highest BCUT2D eigenvalue weighted by Crippen LogP contribution is 2.04. The Kier molecular flexibility index (Phi) is 22.0. The molecule has 0 bridgehead atoms. The van der Waals surface area contributed by atoms with Gasteiger partial charge >= 0.3 is 23.9 Å². The molecule has 0 unspecified atom stereocenters. The van der Waals surface area contributed by atoms with Gasteiger partial charge in [-0.1, -0.05) is 26.7 Å². The summed E-state index contributed by atoms with van der Waals surface area (Å²) in [5.74, 6) is -2.78. The minimum Gasteiger partial charge on any atom is -0.480 e. The van der Waals surface area contributed by atoms with Crippen molar-refractivity contribution in [3.63, 3.8) is 0 Å².